The van der Waals surface area contributed by atoms with Gasteiger partial charge in [0.2, 0.25) is 5.91 Å². The van der Waals surface area contributed by atoms with Crippen LogP contribution in [-0.4, -0.2) is 19.9 Å². The Hall–Kier alpha value is -1.58. The van der Waals surface area contributed by atoms with Gasteiger partial charge in [0.15, 0.2) is 0 Å². The molecule has 0 saturated carbocycles. The molecule has 1 aliphatic heterocycles. The van der Waals surface area contributed by atoms with Gasteiger partial charge in [-0.05, 0) is 12.1 Å². The Morgan fingerprint density at radius 2 is 1.55 bits per heavy atom. The van der Waals surface area contributed by atoms with E-state index in [2.05, 4.69) is 10.4 Å². The zero-order valence-corrected chi connectivity index (χ0v) is 20.9. The molecule has 0 fully saturated rings. The number of alkyl halides is 3. The quantitative estimate of drug-likeness (QED) is 0.481. The highest BCUT2D eigenvalue weighted by molar-refractivity contribution is 7.83. The van der Waals surface area contributed by atoms with Crippen LogP contribution in [0.4, 0.5) is 19.0 Å². The van der Waals surface area contributed by atoms with Crippen molar-refractivity contribution < 1.29 is 22.2 Å². The lowest BCUT2D eigenvalue weighted by atomic mass is 10.2. The minimum absolute atomic E-state index is 0.0141. The summed E-state index contributed by atoms with van der Waals surface area (Å²) in [5, 5.41) is 6.26. The first-order chi connectivity index (χ1) is 14.6. The summed E-state index contributed by atoms with van der Waals surface area (Å²) in [6, 6.07) is 1.48. The average Bonchev–Trinajstić information content (AvgIpc) is 3.22. The van der Waals surface area contributed by atoms with E-state index in [9.17, 15) is 22.2 Å². The van der Waals surface area contributed by atoms with E-state index < -0.39 is 28.4 Å². The molecule has 2 heterocycles. The van der Waals surface area contributed by atoms with Crippen molar-refractivity contribution >= 4 is 45.7 Å². The highest BCUT2D eigenvalue weighted by Crippen LogP contribution is 2.40. The fraction of sp³-hybridized carbons (Fsp3) is 0.500. The van der Waals surface area contributed by atoms with Crippen LogP contribution in [-0.2, 0) is 33.3 Å². The van der Waals surface area contributed by atoms with E-state index in [4.69, 9.17) is 23.2 Å². The third-order valence-electron chi connectivity index (χ3n) is 3.52. The first-order valence-corrected chi connectivity index (χ1v) is 12.1. The molecular weight excluding hydrogens is 474 g/mol. The normalized spacial score (nSPS) is 14.1. The van der Waals surface area contributed by atoms with Crippen molar-refractivity contribution in [3.05, 3.63) is 39.0 Å². The van der Waals surface area contributed by atoms with Crippen LogP contribution in [0.5, 0.6) is 0 Å². The lowest BCUT2D eigenvalue weighted by Gasteiger charge is -2.15. The number of nitrogens with one attached hydrogen (secondary N) is 1. The molecule has 1 aromatic carbocycles. The SMILES string of the molecule is CC.CC.CC.CC(=O)Nc1c2c(nn1-c1c(Cl)cc(C(F)(F)F)cc1Cl)CS(=O)C2. The number of amides is 1. The molecule has 0 spiro atoms. The zero-order valence-electron chi connectivity index (χ0n) is 18.6. The van der Waals surface area contributed by atoms with Gasteiger partial charge in [0, 0.05) is 23.3 Å². The van der Waals surface area contributed by atoms with E-state index in [-0.39, 0.29) is 33.1 Å². The summed E-state index contributed by atoms with van der Waals surface area (Å²) in [6.45, 7) is 13.3. The fourth-order valence-electron chi connectivity index (χ4n) is 2.52. The molecule has 1 aliphatic rings. The van der Waals surface area contributed by atoms with Gasteiger partial charge in [-0.3, -0.25) is 9.00 Å². The largest absolute Gasteiger partial charge is 0.416 e. The number of anilines is 1. The second-order valence-electron chi connectivity index (χ2n) is 5.38. The van der Waals surface area contributed by atoms with Gasteiger partial charge in [0.1, 0.15) is 11.5 Å². The summed E-state index contributed by atoms with van der Waals surface area (Å²) in [5.74, 6) is 0.156. The number of hydrogen-bond donors (Lipinski definition) is 1. The smallest absolute Gasteiger partial charge is 0.311 e. The Morgan fingerprint density at radius 3 is 1.97 bits per heavy atom. The molecule has 5 nitrogen and oxygen atoms in total. The Labute approximate surface area is 193 Å². The molecule has 1 N–H and O–H groups in total. The number of benzene rings is 1. The van der Waals surface area contributed by atoms with Gasteiger partial charge in [-0.15, -0.1) is 0 Å². The third kappa shape index (κ3) is 7.22. The minimum Gasteiger partial charge on any atom is -0.311 e. The van der Waals surface area contributed by atoms with Crippen molar-refractivity contribution in [3.8, 4) is 5.69 Å². The Kier molecular flexibility index (Phi) is 12.4. The van der Waals surface area contributed by atoms with Gasteiger partial charge in [0.25, 0.3) is 0 Å². The lowest BCUT2D eigenvalue weighted by molar-refractivity contribution is -0.137. The van der Waals surface area contributed by atoms with Crippen LogP contribution in [0.15, 0.2) is 12.1 Å². The summed E-state index contributed by atoms with van der Waals surface area (Å²) < 4.78 is 51.5. The topological polar surface area (TPSA) is 64.0 Å². The number of rotatable bonds is 2. The Morgan fingerprint density at radius 1 is 1.06 bits per heavy atom. The molecule has 2 aromatic rings. The van der Waals surface area contributed by atoms with E-state index >= 15 is 0 Å². The number of nitrogens with zero attached hydrogens (tertiary/aromatic N) is 2. The number of carbonyl (C=O) groups excluding carboxylic acids is 1. The predicted octanol–water partition coefficient (Wildman–Crippen LogP) is 7.00. The van der Waals surface area contributed by atoms with Gasteiger partial charge < -0.3 is 5.32 Å². The molecule has 176 valence electrons. The monoisotopic (exact) mass is 501 g/mol. The second kappa shape index (κ2) is 13.1. The van der Waals surface area contributed by atoms with Crippen molar-refractivity contribution in [3.63, 3.8) is 0 Å². The van der Waals surface area contributed by atoms with Crippen molar-refractivity contribution in [1.82, 2.24) is 9.78 Å². The van der Waals surface area contributed by atoms with Crippen molar-refractivity contribution in [2.75, 3.05) is 5.32 Å². The highest BCUT2D eigenvalue weighted by atomic mass is 35.5. The van der Waals surface area contributed by atoms with Gasteiger partial charge >= 0.3 is 6.18 Å². The summed E-state index contributed by atoms with van der Waals surface area (Å²) >= 11 is 12.0. The van der Waals surface area contributed by atoms with Gasteiger partial charge in [-0.1, -0.05) is 64.7 Å². The minimum atomic E-state index is -4.60. The Balaban J connectivity index is 0.00000138. The van der Waals surface area contributed by atoms with E-state index in [0.717, 1.165) is 12.1 Å². The van der Waals surface area contributed by atoms with Crippen molar-refractivity contribution in [2.45, 2.75) is 66.1 Å². The standard InChI is InChI=1S/C14H10Cl2F3N3O2S.3C2H6/c1-6(23)20-13-8-4-25(24)5-11(8)21-22(13)12-9(15)2-7(3-10(12)16)14(17,18)19;3*1-2/h2-3H,4-5H2,1H3,(H,20,23);3*1-2H3. The summed E-state index contributed by atoms with van der Waals surface area (Å²) in [7, 11) is -1.15. The molecule has 11 heteroatoms. The first-order valence-electron chi connectivity index (χ1n) is 9.88. The van der Waals surface area contributed by atoms with Crippen LogP contribution in [0.3, 0.4) is 0 Å². The number of carbonyl (C=O) groups is 1. The zero-order chi connectivity index (χ0) is 24.5. The molecule has 0 bridgehead atoms. The number of fused-ring (bicyclic) bond motifs is 1. The van der Waals surface area contributed by atoms with E-state index in [1.807, 2.05) is 41.5 Å². The lowest BCUT2D eigenvalue weighted by Crippen LogP contribution is -2.14. The predicted molar refractivity (Wildman–Crippen MR) is 122 cm³/mol. The summed E-state index contributed by atoms with van der Waals surface area (Å²) in [6.07, 6.45) is -4.60. The van der Waals surface area contributed by atoms with E-state index in [1.165, 1.54) is 11.6 Å². The maximum Gasteiger partial charge on any atom is 0.416 e. The van der Waals surface area contributed by atoms with E-state index in [1.54, 1.807) is 0 Å². The van der Waals surface area contributed by atoms with Gasteiger partial charge in [-0.2, -0.15) is 18.3 Å². The molecule has 1 atom stereocenters. The molecule has 31 heavy (non-hydrogen) atoms. The molecule has 1 aromatic heterocycles. The molecular formula is C20H28Cl2F3N3O2S. The number of aromatic nitrogens is 2. The molecule has 3 rings (SSSR count). The number of halogens is 5. The second-order valence-corrected chi connectivity index (χ2v) is 7.65. The molecule has 0 radical (unpaired) electrons. The van der Waals surface area contributed by atoms with Crippen LogP contribution in [0, 0.1) is 0 Å². The van der Waals surface area contributed by atoms with Crippen molar-refractivity contribution in [1.29, 1.82) is 0 Å². The molecule has 0 aliphatic carbocycles. The first kappa shape index (κ1) is 29.4. The summed E-state index contributed by atoms with van der Waals surface area (Å²) in [5.41, 5.74) is 0.0584. The van der Waals surface area contributed by atoms with Crippen LogP contribution in [0.1, 0.15) is 65.3 Å². The van der Waals surface area contributed by atoms with Crippen LogP contribution in [0.2, 0.25) is 10.0 Å². The van der Waals surface area contributed by atoms with E-state index in [0.29, 0.717) is 11.3 Å². The van der Waals surface area contributed by atoms with Crippen LogP contribution in [0.25, 0.3) is 5.69 Å². The van der Waals surface area contributed by atoms with Gasteiger partial charge in [0.05, 0.1) is 32.8 Å². The highest BCUT2D eigenvalue weighted by Gasteiger charge is 2.34. The van der Waals surface area contributed by atoms with Crippen LogP contribution < -0.4 is 5.32 Å². The maximum atomic E-state index is 12.9. The molecule has 1 amide bonds. The third-order valence-corrected chi connectivity index (χ3v) is 5.30. The molecule has 1 unspecified atom stereocenters. The van der Waals surface area contributed by atoms with Gasteiger partial charge in [-0.25, -0.2) is 4.68 Å². The van der Waals surface area contributed by atoms with Crippen molar-refractivity contribution in [2.24, 2.45) is 0 Å². The molecule has 0 saturated heterocycles. The average molecular weight is 502 g/mol. The van der Waals surface area contributed by atoms with Crippen LogP contribution >= 0.6 is 23.2 Å². The fourth-order valence-corrected chi connectivity index (χ4v) is 4.43. The summed E-state index contributed by atoms with van der Waals surface area (Å²) in [4.78, 5) is 11.5. The maximum absolute atomic E-state index is 12.9. The number of hydrogen-bond acceptors (Lipinski definition) is 3. The Bertz CT molecular complexity index is 893.